The number of carbonyl (C=O) groups excluding carboxylic acids is 1. The molecule has 2 N–H and O–H groups in total. The number of ether oxygens (including phenoxy) is 4. The van der Waals surface area contributed by atoms with E-state index in [0.717, 1.165) is 31.5 Å². The van der Waals surface area contributed by atoms with Gasteiger partial charge in [-0.3, -0.25) is 4.79 Å². The number of rotatable bonds is 8. The van der Waals surface area contributed by atoms with Crippen molar-refractivity contribution >= 4 is 11.6 Å². The third-order valence-electron chi connectivity index (χ3n) is 5.33. The fraction of sp³-hybridized carbons (Fsp3) is 0.409. The Kier molecular flexibility index (Phi) is 6.82. The second kappa shape index (κ2) is 9.52. The van der Waals surface area contributed by atoms with Gasteiger partial charge in [0.05, 0.1) is 35.0 Å². The minimum atomic E-state index is -0.101. The molecule has 2 aromatic rings. The van der Waals surface area contributed by atoms with Crippen LogP contribution < -0.4 is 29.2 Å². The number of nitrogens with one attached hydrogen (secondary N) is 2. The van der Waals surface area contributed by atoms with Gasteiger partial charge in [0.2, 0.25) is 0 Å². The van der Waals surface area contributed by atoms with Crippen LogP contribution in [0.3, 0.4) is 0 Å². The summed E-state index contributed by atoms with van der Waals surface area (Å²) in [5.41, 5.74) is 1.81. The fourth-order valence-electron chi connectivity index (χ4n) is 3.84. The Morgan fingerprint density at radius 1 is 0.931 bits per heavy atom. The van der Waals surface area contributed by atoms with Gasteiger partial charge in [-0.15, -0.1) is 0 Å². The summed E-state index contributed by atoms with van der Waals surface area (Å²) in [5, 5.41) is 3.03. The third-order valence-corrected chi connectivity index (χ3v) is 5.33. The molecule has 1 fully saturated rings. The zero-order valence-electron chi connectivity index (χ0n) is 17.4. The van der Waals surface area contributed by atoms with Crippen molar-refractivity contribution in [2.45, 2.75) is 25.4 Å². The van der Waals surface area contributed by atoms with Gasteiger partial charge >= 0.3 is 0 Å². The first-order valence-electron chi connectivity index (χ1n) is 9.68. The summed E-state index contributed by atoms with van der Waals surface area (Å²) in [6.07, 6.45) is 1.88. The van der Waals surface area contributed by atoms with Gasteiger partial charge in [0, 0.05) is 30.2 Å². The molecule has 0 saturated carbocycles. The van der Waals surface area contributed by atoms with Gasteiger partial charge in [0.1, 0.15) is 6.54 Å². The largest absolute Gasteiger partial charge is 0.493 e. The molecule has 29 heavy (non-hydrogen) atoms. The molecule has 156 valence electrons. The van der Waals surface area contributed by atoms with Crippen LogP contribution in [0.1, 0.15) is 18.4 Å². The van der Waals surface area contributed by atoms with Crippen molar-refractivity contribution in [3.05, 3.63) is 42.0 Å². The van der Waals surface area contributed by atoms with Crippen LogP contribution in [0.2, 0.25) is 0 Å². The fourth-order valence-corrected chi connectivity index (χ4v) is 3.84. The van der Waals surface area contributed by atoms with E-state index in [2.05, 4.69) is 5.32 Å². The molecule has 1 aliphatic heterocycles. The monoisotopic (exact) mass is 401 g/mol. The average Bonchev–Trinajstić information content (AvgIpc) is 3.21. The Labute approximate surface area is 171 Å². The van der Waals surface area contributed by atoms with Crippen LogP contribution in [0.4, 0.5) is 5.69 Å². The summed E-state index contributed by atoms with van der Waals surface area (Å²) < 4.78 is 21.3. The molecule has 1 aliphatic rings. The molecule has 1 amide bonds. The SMILES string of the molecule is COc1ccc(C[NH+]2CCC[C@H]2C(=O)Nc2ccc(OC)c(OC)c2)cc1OC. The highest BCUT2D eigenvalue weighted by Crippen LogP contribution is 2.30. The van der Waals surface area contributed by atoms with E-state index in [0.29, 0.717) is 28.7 Å². The third kappa shape index (κ3) is 4.74. The van der Waals surface area contributed by atoms with E-state index in [1.807, 2.05) is 24.3 Å². The predicted octanol–water partition coefficient (Wildman–Crippen LogP) is 1.91. The van der Waals surface area contributed by atoms with E-state index < -0.39 is 0 Å². The lowest BCUT2D eigenvalue weighted by Crippen LogP contribution is -3.13. The van der Waals surface area contributed by atoms with Gasteiger partial charge in [-0.1, -0.05) is 0 Å². The van der Waals surface area contributed by atoms with Crippen molar-refractivity contribution in [1.29, 1.82) is 0 Å². The van der Waals surface area contributed by atoms with Crippen LogP contribution in [-0.2, 0) is 11.3 Å². The highest BCUT2D eigenvalue weighted by Gasteiger charge is 2.35. The van der Waals surface area contributed by atoms with E-state index in [1.54, 1.807) is 40.6 Å². The maximum Gasteiger partial charge on any atom is 0.282 e. The Bertz CT molecular complexity index is 855. The van der Waals surface area contributed by atoms with Crippen LogP contribution in [0.15, 0.2) is 36.4 Å². The lowest BCUT2D eigenvalue weighted by atomic mass is 10.1. The summed E-state index contributed by atoms with van der Waals surface area (Å²) in [5.74, 6) is 2.65. The minimum absolute atomic E-state index is 0.0187. The zero-order valence-corrected chi connectivity index (χ0v) is 17.4. The number of methoxy groups -OCH3 is 4. The first-order chi connectivity index (χ1) is 14.1. The molecular formula is C22H29N2O5+. The average molecular weight is 401 g/mol. The number of benzene rings is 2. The van der Waals surface area contributed by atoms with Crippen molar-refractivity contribution in [3.8, 4) is 23.0 Å². The van der Waals surface area contributed by atoms with E-state index in [9.17, 15) is 4.79 Å². The van der Waals surface area contributed by atoms with Gasteiger partial charge in [0.25, 0.3) is 5.91 Å². The molecule has 2 atom stereocenters. The van der Waals surface area contributed by atoms with Crippen molar-refractivity contribution in [3.63, 3.8) is 0 Å². The molecule has 1 unspecified atom stereocenters. The first-order valence-corrected chi connectivity index (χ1v) is 9.68. The topological polar surface area (TPSA) is 70.5 Å². The summed E-state index contributed by atoms with van der Waals surface area (Å²) in [6, 6.07) is 11.2. The molecule has 0 radical (unpaired) electrons. The van der Waals surface area contributed by atoms with Gasteiger partial charge in [-0.25, -0.2) is 0 Å². The molecule has 7 heteroatoms. The molecule has 3 rings (SSSR count). The number of amides is 1. The molecule has 2 aromatic carbocycles. The van der Waals surface area contributed by atoms with Crippen molar-refractivity contribution in [2.24, 2.45) is 0 Å². The van der Waals surface area contributed by atoms with E-state index in [-0.39, 0.29) is 11.9 Å². The summed E-state index contributed by atoms with van der Waals surface area (Å²) in [7, 11) is 6.42. The number of hydrogen-bond donors (Lipinski definition) is 2. The highest BCUT2D eigenvalue weighted by molar-refractivity contribution is 5.94. The summed E-state index contributed by atoms with van der Waals surface area (Å²) >= 11 is 0. The van der Waals surface area contributed by atoms with E-state index in [1.165, 1.54) is 4.90 Å². The lowest BCUT2D eigenvalue weighted by molar-refractivity contribution is -0.916. The van der Waals surface area contributed by atoms with Crippen LogP contribution >= 0.6 is 0 Å². The van der Waals surface area contributed by atoms with Crippen LogP contribution in [-0.4, -0.2) is 46.9 Å². The van der Waals surface area contributed by atoms with Crippen molar-refractivity contribution < 1.29 is 28.6 Å². The Balaban J connectivity index is 1.69. The molecular weight excluding hydrogens is 372 g/mol. The normalized spacial score (nSPS) is 18.2. The Hall–Kier alpha value is -2.93. The lowest BCUT2D eigenvalue weighted by Gasteiger charge is -2.21. The van der Waals surface area contributed by atoms with Crippen LogP contribution in [0.5, 0.6) is 23.0 Å². The molecule has 0 spiro atoms. The predicted molar refractivity (Wildman–Crippen MR) is 110 cm³/mol. The standard InChI is InChI=1S/C22H28N2O5/c1-26-18-9-7-15(12-20(18)28-3)14-24-11-5-6-17(24)22(25)23-16-8-10-19(27-2)21(13-16)29-4/h7-10,12-13,17H,5-6,11,14H2,1-4H3,(H,23,25)/p+1/t17-/m0/s1. The zero-order chi connectivity index (χ0) is 20.8. The van der Waals surface area contributed by atoms with Crippen LogP contribution in [0.25, 0.3) is 0 Å². The smallest absolute Gasteiger partial charge is 0.282 e. The summed E-state index contributed by atoms with van der Waals surface area (Å²) in [6.45, 7) is 1.71. The van der Waals surface area contributed by atoms with Crippen molar-refractivity contribution in [2.75, 3.05) is 40.3 Å². The van der Waals surface area contributed by atoms with Crippen LogP contribution in [0, 0.1) is 0 Å². The minimum Gasteiger partial charge on any atom is -0.493 e. The van der Waals surface area contributed by atoms with Gasteiger partial charge in [-0.05, 0) is 30.3 Å². The first kappa shape index (κ1) is 20.8. The van der Waals surface area contributed by atoms with Gasteiger partial charge in [-0.2, -0.15) is 0 Å². The van der Waals surface area contributed by atoms with E-state index in [4.69, 9.17) is 18.9 Å². The summed E-state index contributed by atoms with van der Waals surface area (Å²) in [4.78, 5) is 14.2. The Morgan fingerprint density at radius 3 is 2.21 bits per heavy atom. The number of anilines is 1. The molecule has 0 aromatic heterocycles. The molecule has 1 saturated heterocycles. The molecule has 0 bridgehead atoms. The number of likely N-dealkylation sites (tertiary alicyclic amines) is 1. The number of hydrogen-bond acceptors (Lipinski definition) is 5. The Morgan fingerprint density at radius 2 is 1.55 bits per heavy atom. The van der Waals surface area contributed by atoms with E-state index >= 15 is 0 Å². The maximum absolute atomic E-state index is 12.9. The second-order valence-electron chi connectivity index (χ2n) is 7.03. The highest BCUT2D eigenvalue weighted by atomic mass is 16.5. The molecule has 7 nitrogen and oxygen atoms in total. The number of quaternary nitrogens is 1. The van der Waals surface area contributed by atoms with Crippen molar-refractivity contribution in [1.82, 2.24) is 0 Å². The molecule has 1 heterocycles. The van der Waals surface area contributed by atoms with Gasteiger partial charge in [0.15, 0.2) is 29.0 Å². The maximum atomic E-state index is 12.9. The molecule has 0 aliphatic carbocycles. The second-order valence-corrected chi connectivity index (χ2v) is 7.03. The quantitative estimate of drug-likeness (QED) is 0.707. The number of carbonyl (C=O) groups is 1. The van der Waals surface area contributed by atoms with Gasteiger partial charge < -0.3 is 29.2 Å².